The highest BCUT2D eigenvalue weighted by molar-refractivity contribution is 5.82. The van der Waals surface area contributed by atoms with Crippen LogP contribution in [0.25, 0.3) is 0 Å². The molecule has 4 N–H and O–H groups in total. The van der Waals surface area contributed by atoms with E-state index in [0.717, 1.165) is 11.3 Å². The number of nitrogens with one attached hydrogen (secondary N) is 1. The van der Waals surface area contributed by atoms with E-state index in [-0.39, 0.29) is 17.7 Å². The summed E-state index contributed by atoms with van der Waals surface area (Å²) in [6, 6.07) is 11.4. The van der Waals surface area contributed by atoms with Gasteiger partial charge in [0.05, 0.1) is 17.8 Å². The number of carbonyl (C=O) groups excluding carboxylic acids is 1. The van der Waals surface area contributed by atoms with Crippen LogP contribution in [0.5, 0.6) is 5.75 Å². The third kappa shape index (κ3) is 4.29. The highest BCUT2D eigenvalue weighted by Crippen LogP contribution is 2.12. The summed E-state index contributed by atoms with van der Waals surface area (Å²) in [6.45, 7) is 1.87. The van der Waals surface area contributed by atoms with Crippen molar-refractivity contribution in [1.82, 2.24) is 10.3 Å². The quantitative estimate of drug-likeness (QED) is 0.777. The first kappa shape index (κ1) is 15.0. The summed E-state index contributed by atoms with van der Waals surface area (Å²) >= 11 is 0. The second kappa shape index (κ2) is 6.85. The predicted octanol–water partition coefficient (Wildman–Crippen LogP) is 1.53. The monoisotopic (exact) mass is 285 g/mol. The average Bonchev–Trinajstić information content (AvgIpc) is 2.50. The molecule has 21 heavy (non-hydrogen) atoms. The van der Waals surface area contributed by atoms with Gasteiger partial charge in [-0.3, -0.25) is 9.78 Å². The van der Waals surface area contributed by atoms with Crippen molar-refractivity contribution in [2.24, 2.45) is 5.73 Å². The summed E-state index contributed by atoms with van der Waals surface area (Å²) in [4.78, 5) is 16.3. The molecule has 0 saturated carbocycles. The number of aromatic nitrogens is 1. The van der Waals surface area contributed by atoms with Gasteiger partial charge < -0.3 is 16.2 Å². The molecule has 0 bridgehead atoms. The Morgan fingerprint density at radius 1 is 1.29 bits per heavy atom. The molecule has 1 aromatic carbocycles. The van der Waals surface area contributed by atoms with E-state index in [9.17, 15) is 9.90 Å². The SMILES string of the molecule is CC(NC(=O)[C@@H](N)Cc1ccc(O)cc1)c1ccccn1. The van der Waals surface area contributed by atoms with Crippen molar-refractivity contribution in [2.75, 3.05) is 0 Å². The molecule has 0 saturated heterocycles. The number of nitrogens with zero attached hydrogens (tertiary/aromatic N) is 1. The van der Waals surface area contributed by atoms with Gasteiger partial charge in [-0.15, -0.1) is 0 Å². The molecule has 0 fully saturated rings. The number of hydrogen-bond acceptors (Lipinski definition) is 4. The van der Waals surface area contributed by atoms with Crippen LogP contribution in [0.4, 0.5) is 0 Å². The van der Waals surface area contributed by atoms with Crippen LogP contribution in [-0.2, 0) is 11.2 Å². The van der Waals surface area contributed by atoms with Crippen LogP contribution in [0.1, 0.15) is 24.2 Å². The van der Waals surface area contributed by atoms with Crippen molar-refractivity contribution in [1.29, 1.82) is 0 Å². The number of carbonyl (C=O) groups is 1. The van der Waals surface area contributed by atoms with Gasteiger partial charge >= 0.3 is 0 Å². The fourth-order valence-corrected chi connectivity index (χ4v) is 2.01. The lowest BCUT2D eigenvalue weighted by Gasteiger charge is -2.17. The van der Waals surface area contributed by atoms with Crippen LogP contribution in [0, 0.1) is 0 Å². The third-order valence-corrected chi connectivity index (χ3v) is 3.22. The van der Waals surface area contributed by atoms with Crippen LogP contribution < -0.4 is 11.1 Å². The van der Waals surface area contributed by atoms with Crippen molar-refractivity contribution in [3.8, 4) is 5.75 Å². The molecule has 0 aliphatic heterocycles. The summed E-state index contributed by atoms with van der Waals surface area (Å²) in [7, 11) is 0. The molecule has 2 atom stereocenters. The zero-order valence-electron chi connectivity index (χ0n) is 11.9. The Bertz CT molecular complexity index is 584. The molecule has 110 valence electrons. The van der Waals surface area contributed by atoms with Gasteiger partial charge in [-0.1, -0.05) is 18.2 Å². The van der Waals surface area contributed by atoms with Gasteiger partial charge in [0, 0.05) is 6.20 Å². The van der Waals surface area contributed by atoms with Gasteiger partial charge in [0.25, 0.3) is 0 Å². The number of phenols is 1. The fraction of sp³-hybridized carbons (Fsp3) is 0.250. The zero-order chi connectivity index (χ0) is 15.2. The molecule has 1 amide bonds. The minimum absolute atomic E-state index is 0.190. The minimum Gasteiger partial charge on any atom is -0.508 e. The smallest absolute Gasteiger partial charge is 0.237 e. The van der Waals surface area contributed by atoms with E-state index in [2.05, 4.69) is 10.3 Å². The van der Waals surface area contributed by atoms with Gasteiger partial charge in [0.15, 0.2) is 0 Å². The maximum Gasteiger partial charge on any atom is 0.237 e. The van der Waals surface area contributed by atoms with Crippen LogP contribution in [-0.4, -0.2) is 22.0 Å². The summed E-state index contributed by atoms with van der Waals surface area (Å²) in [6.07, 6.45) is 2.11. The van der Waals surface area contributed by atoms with Crippen molar-refractivity contribution >= 4 is 5.91 Å². The molecule has 1 heterocycles. The summed E-state index contributed by atoms with van der Waals surface area (Å²) < 4.78 is 0. The van der Waals surface area contributed by atoms with Gasteiger partial charge in [0.1, 0.15) is 5.75 Å². The highest BCUT2D eigenvalue weighted by Gasteiger charge is 2.17. The average molecular weight is 285 g/mol. The maximum atomic E-state index is 12.1. The Balaban J connectivity index is 1.92. The summed E-state index contributed by atoms with van der Waals surface area (Å²) in [5.41, 5.74) is 7.62. The number of hydrogen-bond donors (Lipinski definition) is 3. The number of phenolic OH excluding ortho intramolecular Hbond substituents is 1. The van der Waals surface area contributed by atoms with Gasteiger partial charge in [-0.25, -0.2) is 0 Å². The number of nitrogens with two attached hydrogens (primary N) is 1. The van der Waals surface area contributed by atoms with Crippen LogP contribution in [0.3, 0.4) is 0 Å². The molecular formula is C16H19N3O2. The highest BCUT2D eigenvalue weighted by atomic mass is 16.3. The zero-order valence-corrected chi connectivity index (χ0v) is 11.9. The molecule has 2 aromatic rings. The first-order valence-corrected chi connectivity index (χ1v) is 6.81. The summed E-state index contributed by atoms with van der Waals surface area (Å²) in [5.74, 6) is -0.0261. The topological polar surface area (TPSA) is 88.2 Å². The molecule has 0 spiro atoms. The van der Waals surface area contributed by atoms with Crippen molar-refractivity contribution < 1.29 is 9.90 Å². The molecule has 2 rings (SSSR count). The normalized spacial score (nSPS) is 13.4. The van der Waals surface area contributed by atoms with E-state index in [0.29, 0.717) is 6.42 Å². The second-order valence-corrected chi connectivity index (χ2v) is 4.96. The third-order valence-electron chi connectivity index (χ3n) is 3.22. The Kier molecular flexibility index (Phi) is 4.90. The number of aromatic hydroxyl groups is 1. The number of pyridine rings is 1. The first-order chi connectivity index (χ1) is 10.1. The molecular weight excluding hydrogens is 266 g/mol. The standard InChI is InChI=1S/C16H19N3O2/c1-11(15-4-2-3-9-18-15)19-16(21)14(17)10-12-5-7-13(20)8-6-12/h2-9,11,14,20H,10,17H2,1H3,(H,19,21)/t11?,14-/m0/s1. The van der Waals surface area contributed by atoms with E-state index >= 15 is 0 Å². The minimum atomic E-state index is -0.638. The Hall–Kier alpha value is -2.40. The van der Waals surface area contributed by atoms with E-state index < -0.39 is 6.04 Å². The van der Waals surface area contributed by atoms with E-state index in [1.165, 1.54) is 0 Å². The fourth-order valence-electron chi connectivity index (χ4n) is 2.01. The van der Waals surface area contributed by atoms with Crippen molar-refractivity contribution in [3.05, 3.63) is 59.9 Å². The van der Waals surface area contributed by atoms with Crippen LogP contribution in [0.2, 0.25) is 0 Å². The Morgan fingerprint density at radius 2 is 2.00 bits per heavy atom. The van der Waals surface area contributed by atoms with Crippen molar-refractivity contribution in [3.63, 3.8) is 0 Å². The van der Waals surface area contributed by atoms with Gasteiger partial charge in [0.2, 0.25) is 5.91 Å². The van der Waals surface area contributed by atoms with E-state index in [4.69, 9.17) is 5.73 Å². The van der Waals surface area contributed by atoms with E-state index in [1.54, 1.807) is 30.5 Å². The van der Waals surface area contributed by atoms with Gasteiger partial charge in [-0.2, -0.15) is 0 Å². The molecule has 1 unspecified atom stereocenters. The van der Waals surface area contributed by atoms with Crippen molar-refractivity contribution in [2.45, 2.75) is 25.4 Å². The summed E-state index contributed by atoms with van der Waals surface area (Å²) in [5, 5.41) is 12.1. The molecule has 5 heteroatoms. The Morgan fingerprint density at radius 3 is 2.62 bits per heavy atom. The number of amides is 1. The molecule has 0 aliphatic carbocycles. The predicted molar refractivity (Wildman–Crippen MR) is 80.6 cm³/mol. The molecule has 0 aliphatic rings. The first-order valence-electron chi connectivity index (χ1n) is 6.81. The molecule has 5 nitrogen and oxygen atoms in total. The number of benzene rings is 1. The number of rotatable bonds is 5. The van der Waals surface area contributed by atoms with E-state index in [1.807, 2.05) is 25.1 Å². The Labute approximate surface area is 123 Å². The molecule has 0 radical (unpaired) electrons. The second-order valence-electron chi connectivity index (χ2n) is 4.96. The lowest BCUT2D eigenvalue weighted by molar-refractivity contribution is -0.123. The van der Waals surface area contributed by atoms with Crippen LogP contribution >= 0.6 is 0 Å². The van der Waals surface area contributed by atoms with Crippen LogP contribution in [0.15, 0.2) is 48.7 Å². The lowest BCUT2D eigenvalue weighted by Crippen LogP contribution is -2.43. The molecule has 1 aromatic heterocycles. The van der Waals surface area contributed by atoms with Gasteiger partial charge in [-0.05, 0) is 43.2 Å². The maximum absolute atomic E-state index is 12.1. The lowest BCUT2D eigenvalue weighted by atomic mass is 10.1. The largest absolute Gasteiger partial charge is 0.508 e.